The van der Waals surface area contributed by atoms with Crippen LogP contribution in [-0.4, -0.2) is 16.7 Å². The lowest BCUT2D eigenvalue weighted by atomic mass is 10.2. The van der Waals surface area contributed by atoms with Crippen LogP contribution in [0.25, 0.3) is 0 Å². The van der Waals surface area contributed by atoms with Crippen LogP contribution in [0.5, 0.6) is 0 Å². The van der Waals surface area contributed by atoms with Gasteiger partial charge in [0.2, 0.25) is 0 Å². The monoisotopic (exact) mass is 318 g/mol. The van der Waals surface area contributed by atoms with Gasteiger partial charge in [-0.1, -0.05) is 22.0 Å². The second kappa shape index (κ2) is 5.67. The number of hydrogen-bond acceptors (Lipinski definition) is 3. The summed E-state index contributed by atoms with van der Waals surface area (Å²) in [5.41, 5.74) is -0.306. The van der Waals surface area contributed by atoms with E-state index in [2.05, 4.69) is 15.9 Å². The van der Waals surface area contributed by atoms with Crippen molar-refractivity contribution in [3.05, 3.63) is 34.1 Å². The molecule has 0 bridgehead atoms. The molecule has 0 saturated carbocycles. The zero-order valence-corrected chi connectivity index (χ0v) is 12.1. The Labute approximate surface area is 114 Å². The van der Waals surface area contributed by atoms with Gasteiger partial charge in [-0.25, -0.2) is 20.0 Å². The fourth-order valence-electron chi connectivity index (χ4n) is 1.22. The van der Waals surface area contributed by atoms with E-state index in [0.717, 1.165) is 5.01 Å². The van der Waals surface area contributed by atoms with Gasteiger partial charge < -0.3 is 4.74 Å². The maximum atomic E-state index is 13.5. The van der Waals surface area contributed by atoms with Crippen LogP contribution in [0.15, 0.2) is 22.7 Å². The number of benzene rings is 1. The predicted octanol–water partition coefficient (Wildman–Crippen LogP) is 3.20. The van der Waals surface area contributed by atoms with E-state index in [-0.39, 0.29) is 6.54 Å². The molecule has 0 unspecified atom stereocenters. The Morgan fingerprint density at radius 1 is 1.50 bits per heavy atom. The quantitative estimate of drug-likeness (QED) is 0.517. The highest BCUT2D eigenvalue weighted by molar-refractivity contribution is 9.10. The third kappa shape index (κ3) is 4.62. The molecule has 6 heteroatoms. The number of nitrogens with zero attached hydrogens (tertiary/aromatic N) is 1. The highest BCUT2D eigenvalue weighted by Crippen LogP contribution is 2.17. The number of carbonyl (C=O) groups is 1. The normalized spacial score (nSPS) is 11.2. The van der Waals surface area contributed by atoms with E-state index in [1.807, 2.05) is 0 Å². The molecule has 0 saturated heterocycles. The Kier molecular flexibility index (Phi) is 4.70. The minimum atomic E-state index is -0.690. The molecule has 18 heavy (non-hydrogen) atoms. The Bertz CT molecular complexity index is 446. The third-order valence-electron chi connectivity index (χ3n) is 1.98. The molecule has 0 radical (unpaired) electrons. The van der Waals surface area contributed by atoms with Crippen molar-refractivity contribution in [3.8, 4) is 0 Å². The number of carbonyl (C=O) groups excluding carboxylic acids is 1. The molecule has 0 fully saturated rings. The maximum Gasteiger partial charge on any atom is 0.424 e. The second-order valence-electron chi connectivity index (χ2n) is 4.84. The van der Waals surface area contributed by atoms with E-state index in [1.54, 1.807) is 32.9 Å². The first-order valence-corrected chi connectivity index (χ1v) is 6.17. The molecule has 100 valence electrons. The molecule has 0 aliphatic heterocycles. The van der Waals surface area contributed by atoms with E-state index in [9.17, 15) is 9.18 Å². The second-order valence-corrected chi connectivity index (χ2v) is 5.76. The third-order valence-corrected chi connectivity index (χ3v) is 2.48. The molecule has 0 atom stereocenters. The van der Waals surface area contributed by atoms with Gasteiger partial charge in [0.05, 0.1) is 6.54 Å². The minimum absolute atomic E-state index is 0.0476. The first kappa shape index (κ1) is 14.9. The van der Waals surface area contributed by atoms with Crippen LogP contribution >= 0.6 is 15.9 Å². The lowest BCUT2D eigenvalue weighted by molar-refractivity contribution is 0.0230. The van der Waals surface area contributed by atoms with Gasteiger partial charge in [0, 0.05) is 10.0 Å². The highest BCUT2D eigenvalue weighted by Gasteiger charge is 2.20. The van der Waals surface area contributed by atoms with Gasteiger partial charge in [-0.2, -0.15) is 0 Å². The van der Waals surface area contributed by atoms with Crippen molar-refractivity contribution in [1.29, 1.82) is 0 Å². The van der Waals surface area contributed by atoms with Crippen molar-refractivity contribution in [2.75, 3.05) is 0 Å². The first-order chi connectivity index (χ1) is 8.19. The standard InChI is InChI=1S/C12H16BrFN2O2/c1-12(2,3)18-11(17)16(15)7-8-4-5-9(13)6-10(8)14/h4-6H,7,15H2,1-3H3. The molecular weight excluding hydrogens is 303 g/mol. The number of rotatable bonds is 2. The molecule has 1 aromatic carbocycles. The largest absolute Gasteiger partial charge is 0.443 e. The number of halogens is 2. The van der Waals surface area contributed by atoms with Crippen LogP contribution in [0, 0.1) is 5.82 Å². The maximum absolute atomic E-state index is 13.5. The van der Waals surface area contributed by atoms with Gasteiger partial charge in [-0.05, 0) is 32.9 Å². The van der Waals surface area contributed by atoms with Crippen molar-refractivity contribution in [3.63, 3.8) is 0 Å². The summed E-state index contributed by atoms with van der Waals surface area (Å²) in [5.74, 6) is 5.12. The molecule has 2 N–H and O–H groups in total. The smallest absolute Gasteiger partial charge is 0.424 e. The Morgan fingerprint density at radius 3 is 2.61 bits per heavy atom. The molecule has 0 aliphatic rings. The summed E-state index contributed by atoms with van der Waals surface area (Å²) in [6.45, 7) is 5.16. The zero-order chi connectivity index (χ0) is 13.9. The average Bonchev–Trinajstić information content (AvgIpc) is 2.19. The van der Waals surface area contributed by atoms with E-state index in [1.165, 1.54) is 6.07 Å². The summed E-state index contributed by atoms with van der Waals surface area (Å²) in [6, 6.07) is 4.56. The molecule has 1 aromatic rings. The van der Waals surface area contributed by atoms with Gasteiger partial charge >= 0.3 is 6.09 Å². The summed E-state index contributed by atoms with van der Waals surface area (Å²) in [4.78, 5) is 11.6. The molecule has 0 aliphatic carbocycles. The van der Waals surface area contributed by atoms with Gasteiger partial charge in [0.1, 0.15) is 11.4 Å². The van der Waals surface area contributed by atoms with Crippen LogP contribution in [0.1, 0.15) is 26.3 Å². The van der Waals surface area contributed by atoms with Crippen molar-refractivity contribution in [1.82, 2.24) is 5.01 Å². The number of nitrogens with two attached hydrogens (primary N) is 1. The van der Waals surface area contributed by atoms with Crippen LogP contribution in [0.2, 0.25) is 0 Å². The summed E-state index contributed by atoms with van der Waals surface area (Å²) < 4.78 is 19.2. The summed E-state index contributed by atoms with van der Waals surface area (Å²) in [5, 5.41) is 0.845. The minimum Gasteiger partial charge on any atom is -0.443 e. The molecule has 1 amide bonds. The molecule has 0 heterocycles. The summed E-state index contributed by atoms with van der Waals surface area (Å²) >= 11 is 3.15. The van der Waals surface area contributed by atoms with E-state index in [4.69, 9.17) is 10.6 Å². The van der Waals surface area contributed by atoms with Gasteiger partial charge in [-0.3, -0.25) is 0 Å². The topological polar surface area (TPSA) is 55.6 Å². The fraction of sp³-hybridized carbons (Fsp3) is 0.417. The lowest BCUT2D eigenvalue weighted by Gasteiger charge is -2.24. The predicted molar refractivity (Wildman–Crippen MR) is 70.1 cm³/mol. The van der Waals surface area contributed by atoms with E-state index in [0.29, 0.717) is 10.0 Å². The van der Waals surface area contributed by atoms with Gasteiger partial charge in [0.15, 0.2) is 0 Å². The fourth-order valence-corrected chi connectivity index (χ4v) is 1.55. The zero-order valence-electron chi connectivity index (χ0n) is 10.5. The van der Waals surface area contributed by atoms with Gasteiger partial charge in [-0.15, -0.1) is 0 Å². The highest BCUT2D eigenvalue weighted by atomic mass is 79.9. The Morgan fingerprint density at radius 2 is 2.11 bits per heavy atom. The average molecular weight is 319 g/mol. The Hall–Kier alpha value is -1.14. The molecule has 0 aromatic heterocycles. The number of hydrazine groups is 1. The van der Waals surface area contributed by atoms with Crippen molar-refractivity contribution in [2.24, 2.45) is 5.84 Å². The Balaban J connectivity index is 2.69. The lowest BCUT2D eigenvalue weighted by Crippen LogP contribution is -2.41. The first-order valence-electron chi connectivity index (χ1n) is 5.38. The van der Waals surface area contributed by atoms with Gasteiger partial charge in [0.25, 0.3) is 0 Å². The number of amides is 1. The number of hydrogen-bond donors (Lipinski definition) is 1. The van der Waals surface area contributed by atoms with Crippen LogP contribution < -0.4 is 5.84 Å². The van der Waals surface area contributed by atoms with Crippen molar-refractivity contribution in [2.45, 2.75) is 32.9 Å². The molecule has 4 nitrogen and oxygen atoms in total. The molecule has 1 rings (SSSR count). The van der Waals surface area contributed by atoms with Crippen LogP contribution in [0.3, 0.4) is 0 Å². The molecular formula is C12H16BrFN2O2. The van der Waals surface area contributed by atoms with E-state index < -0.39 is 17.5 Å². The van der Waals surface area contributed by atoms with Crippen molar-refractivity contribution < 1.29 is 13.9 Å². The summed E-state index contributed by atoms with van der Waals surface area (Å²) in [7, 11) is 0. The van der Waals surface area contributed by atoms with Crippen LogP contribution in [-0.2, 0) is 11.3 Å². The van der Waals surface area contributed by atoms with Crippen molar-refractivity contribution >= 4 is 22.0 Å². The van der Waals surface area contributed by atoms with E-state index >= 15 is 0 Å². The molecule has 0 spiro atoms. The van der Waals surface area contributed by atoms with Crippen LogP contribution in [0.4, 0.5) is 9.18 Å². The summed E-state index contributed by atoms with van der Waals surface area (Å²) in [6.07, 6.45) is -0.690. The number of ether oxygens (including phenoxy) is 1. The SMILES string of the molecule is CC(C)(C)OC(=O)N(N)Cc1ccc(Br)cc1F.